The molecule has 0 aromatic heterocycles. The zero-order valence-corrected chi connectivity index (χ0v) is 8.21. The van der Waals surface area contributed by atoms with Gasteiger partial charge in [-0.2, -0.15) is 0 Å². The summed E-state index contributed by atoms with van der Waals surface area (Å²) in [5.41, 5.74) is 3.95. The van der Waals surface area contributed by atoms with Crippen molar-refractivity contribution >= 4 is 6.09 Å². The van der Waals surface area contributed by atoms with Crippen molar-refractivity contribution in [1.82, 2.24) is 4.90 Å². The van der Waals surface area contributed by atoms with E-state index in [-0.39, 0.29) is 6.54 Å². The van der Waals surface area contributed by atoms with Gasteiger partial charge < -0.3 is 15.7 Å². The molecule has 0 radical (unpaired) electrons. The second-order valence-electron chi connectivity index (χ2n) is 3.85. The number of amides is 1. The number of hydrogen-bond acceptors (Lipinski definition) is 2. The number of halogens is 1. The topological polar surface area (TPSA) is 66.6 Å². The molecule has 1 amide bonds. The zero-order valence-electron chi connectivity index (χ0n) is 8.21. The lowest BCUT2D eigenvalue weighted by Crippen LogP contribution is -2.47. The van der Waals surface area contributed by atoms with E-state index in [0.717, 1.165) is 4.90 Å². The molecule has 14 heavy (non-hydrogen) atoms. The Hall–Kier alpha value is -0.840. The number of alkyl halides is 1. The molecule has 0 spiro atoms. The number of rotatable bonds is 3. The Morgan fingerprint density at radius 3 is 2.93 bits per heavy atom. The third-order valence-electron chi connectivity index (χ3n) is 2.63. The number of carbonyl (C=O) groups is 1. The van der Waals surface area contributed by atoms with Crippen LogP contribution in [0, 0.1) is 0 Å². The molecule has 4 nitrogen and oxygen atoms in total. The van der Waals surface area contributed by atoms with Gasteiger partial charge in [-0.05, 0) is 32.2 Å². The number of piperidine rings is 1. The molecule has 0 unspecified atom stereocenters. The van der Waals surface area contributed by atoms with Crippen molar-refractivity contribution in [2.45, 2.75) is 31.4 Å². The molecular formula is C9H17FN2O2. The number of likely N-dealkylation sites (tertiary alicyclic amines) is 1. The van der Waals surface area contributed by atoms with Gasteiger partial charge in [-0.1, -0.05) is 0 Å². The van der Waals surface area contributed by atoms with Gasteiger partial charge in [-0.25, -0.2) is 9.18 Å². The Morgan fingerprint density at radius 1 is 1.64 bits per heavy atom. The molecule has 1 saturated heterocycles. The molecule has 0 aromatic carbocycles. The summed E-state index contributed by atoms with van der Waals surface area (Å²) in [4.78, 5) is 11.8. The summed E-state index contributed by atoms with van der Waals surface area (Å²) in [5.74, 6) is 0. The van der Waals surface area contributed by atoms with Crippen LogP contribution in [0.3, 0.4) is 0 Å². The second-order valence-corrected chi connectivity index (χ2v) is 3.85. The summed E-state index contributed by atoms with van der Waals surface area (Å²) in [6.45, 7) is 0.907. The van der Waals surface area contributed by atoms with Gasteiger partial charge in [0, 0.05) is 6.54 Å². The molecule has 0 aliphatic carbocycles. The highest BCUT2D eigenvalue weighted by atomic mass is 19.1. The van der Waals surface area contributed by atoms with Crippen LogP contribution in [-0.2, 0) is 0 Å². The van der Waals surface area contributed by atoms with Crippen LogP contribution in [0.15, 0.2) is 0 Å². The van der Waals surface area contributed by atoms with Crippen molar-refractivity contribution < 1.29 is 14.3 Å². The zero-order chi connectivity index (χ0) is 10.6. The van der Waals surface area contributed by atoms with Crippen LogP contribution in [-0.4, -0.2) is 41.4 Å². The molecule has 1 fully saturated rings. The van der Waals surface area contributed by atoms with Crippen molar-refractivity contribution in [3.05, 3.63) is 0 Å². The fourth-order valence-corrected chi connectivity index (χ4v) is 1.87. The van der Waals surface area contributed by atoms with E-state index in [1.54, 1.807) is 0 Å². The molecule has 1 aliphatic heterocycles. The third kappa shape index (κ3) is 2.83. The Balaban J connectivity index is 2.48. The SMILES string of the molecule is NCCC[C@]1(F)CCCN(C(=O)O)C1. The van der Waals surface area contributed by atoms with Gasteiger partial charge in [-0.15, -0.1) is 0 Å². The van der Waals surface area contributed by atoms with Gasteiger partial charge >= 0.3 is 6.09 Å². The van der Waals surface area contributed by atoms with Crippen molar-refractivity contribution in [3.63, 3.8) is 0 Å². The van der Waals surface area contributed by atoms with Crippen LogP contribution in [0.2, 0.25) is 0 Å². The van der Waals surface area contributed by atoms with Gasteiger partial charge in [0.05, 0.1) is 6.54 Å². The molecule has 1 rings (SSSR count). The molecule has 1 heterocycles. The Morgan fingerprint density at radius 2 is 2.36 bits per heavy atom. The first kappa shape index (κ1) is 11.2. The van der Waals surface area contributed by atoms with Gasteiger partial charge in [0.2, 0.25) is 0 Å². The lowest BCUT2D eigenvalue weighted by atomic mass is 9.90. The molecule has 5 heteroatoms. The summed E-state index contributed by atoms with van der Waals surface area (Å²) < 4.78 is 14.0. The molecule has 0 saturated carbocycles. The number of nitrogens with zero attached hydrogens (tertiary/aromatic N) is 1. The molecule has 0 bridgehead atoms. The van der Waals surface area contributed by atoms with E-state index >= 15 is 0 Å². The van der Waals surface area contributed by atoms with Crippen LogP contribution in [0.4, 0.5) is 9.18 Å². The quantitative estimate of drug-likeness (QED) is 0.726. The van der Waals surface area contributed by atoms with E-state index in [1.165, 1.54) is 0 Å². The Kier molecular flexibility index (Phi) is 3.69. The maximum Gasteiger partial charge on any atom is 0.407 e. The van der Waals surface area contributed by atoms with E-state index in [9.17, 15) is 9.18 Å². The summed E-state index contributed by atoms with van der Waals surface area (Å²) in [6, 6.07) is 0. The van der Waals surface area contributed by atoms with Gasteiger partial charge in [0.1, 0.15) is 5.67 Å². The lowest BCUT2D eigenvalue weighted by Gasteiger charge is -2.35. The predicted octanol–water partition coefficient (Wildman–Crippen LogP) is 1.21. The summed E-state index contributed by atoms with van der Waals surface area (Å²) in [5, 5.41) is 8.73. The monoisotopic (exact) mass is 204 g/mol. The number of nitrogens with two attached hydrogens (primary N) is 1. The van der Waals surface area contributed by atoms with E-state index in [0.29, 0.717) is 38.8 Å². The first-order valence-corrected chi connectivity index (χ1v) is 4.94. The van der Waals surface area contributed by atoms with E-state index in [4.69, 9.17) is 10.8 Å². The summed E-state index contributed by atoms with van der Waals surface area (Å²) >= 11 is 0. The van der Waals surface area contributed by atoms with Crippen LogP contribution in [0.25, 0.3) is 0 Å². The first-order valence-electron chi connectivity index (χ1n) is 4.94. The van der Waals surface area contributed by atoms with Crippen molar-refractivity contribution in [2.75, 3.05) is 19.6 Å². The van der Waals surface area contributed by atoms with E-state index in [2.05, 4.69) is 0 Å². The van der Waals surface area contributed by atoms with Crippen LogP contribution in [0.5, 0.6) is 0 Å². The second kappa shape index (κ2) is 4.59. The molecule has 1 aliphatic rings. The smallest absolute Gasteiger partial charge is 0.407 e. The molecule has 3 N–H and O–H groups in total. The minimum absolute atomic E-state index is 0.00231. The van der Waals surface area contributed by atoms with Gasteiger partial charge in [0.15, 0.2) is 0 Å². The van der Waals surface area contributed by atoms with Crippen LogP contribution >= 0.6 is 0 Å². The van der Waals surface area contributed by atoms with E-state index in [1.807, 2.05) is 0 Å². The minimum atomic E-state index is -1.35. The highest BCUT2D eigenvalue weighted by Gasteiger charge is 2.36. The predicted molar refractivity (Wildman–Crippen MR) is 51.0 cm³/mol. The number of carboxylic acid groups (broad SMARTS) is 1. The average Bonchev–Trinajstić information content (AvgIpc) is 2.15. The fraction of sp³-hybridized carbons (Fsp3) is 0.889. The summed E-state index contributed by atoms with van der Waals surface area (Å²) in [7, 11) is 0. The minimum Gasteiger partial charge on any atom is -0.465 e. The average molecular weight is 204 g/mol. The maximum atomic E-state index is 14.0. The highest BCUT2D eigenvalue weighted by Crippen LogP contribution is 2.29. The normalized spacial score (nSPS) is 27.7. The first-order chi connectivity index (χ1) is 6.57. The van der Waals surface area contributed by atoms with Crippen molar-refractivity contribution in [3.8, 4) is 0 Å². The maximum absolute atomic E-state index is 14.0. The molecule has 1 atom stereocenters. The number of hydrogen-bond donors (Lipinski definition) is 2. The third-order valence-corrected chi connectivity index (χ3v) is 2.63. The van der Waals surface area contributed by atoms with Crippen molar-refractivity contribution in [2.24, 2.45) is 5.73 Å². The van der Waals surface area contributed by atoms with Gasteiger partial charge in [-0.3, -0.25) is 0 Å². The largest absolute Gasteiger partial charge is 0.465 e. The highest BCUT2D eigenvalue weighted by molar-refractivity contribution is 5.65. The Labute approximate surface area is 82.9 Å². The fourth-order valence-electron chi connectivity index (χ4n) is 1.87. The van der Waals surface area contributed by atoms with E-state index < -0.39 is 11.8 Å². The Bertz CT molecular complexity index is 213. The lowest BCUT2D eigenvalue weighted by molar-refractivity contribution is 0.0383. The molecular weight excluding hydrogens is 187 g/mol. The van der Waals surface area contributed by atoms with Crippen LogP contribution < -0.4 is 5.73 Å². The van der Waals surface area contributed by atoms with Gasteiger partial charge in [0.25, 0.3) is 0 Å². The van der Waals surface area contributed by atoms with Crippen LogP contribution in [0.1, 0.15) is 25.7 Å². The molecule has 82 valence electrons. The standard InChI is InChI=1S/C9H17FN2O2/c10-9(3-1-5-11)4-2-6-12(7-9)8(13)14/h1-7,11H2,(H,13,14)/t9-/m0/s1. The van der Waals surface area contributed by atoms with Crippen molar-refractivity contribution in [1.29, 1.82) is 0 Å². The summed E-state index contributed by atoms with van der Waals surface area (Å²) in [6.07, 6.45) is 1.01. The molecule has 0 aromatic rings.